The van der Waals surface area contributed by atoms with E-state index in [0.29, 0.717) is 18.0 Å². The Balaban J connectivity index is 2.19. The van der Waals surface area contributed by atoms with Gasteiger partial charge in [0.25, 0.3) is 0 Å². The van der Waals surface area contributed by atoms with E-state index in [1.165, 1.54) is 7.11 Å². The standard InChI is InChI=1S/C25H36N2O4/c1-6-11-23-22(24(28)30-5)15-21(7-2)27(23)16-20(14-18(3)4)26-25(29)31-17-19-12-9-8-10-13-19/h8-10,12-13,15,18,20H,6-7,11,14,16-17H2,1-5H3,(H,26,29)/t20-/m0/s1. The first-order chi connectivity index (χ1) is 14.9. The minimum Gasteiger partial charge on any atom is -0.465 e. The molecule has 1 atom stereocenters. The van der Waals surface area contributed by atoms with Crippen LogP contribution in [0.25, 0.3) is 0 Å². The fraction of sp³-hybridized carbons (Fsp3) is 0.520. The summed E-state index contributed by atoms with van der Waals surface area (Å²) in [6.45, 7) is 9.25. The van der Waals surface area contributed by atoms with Gasteiger partial charge in [0.2, 0.25) is 0 Å². The minimum atomic E-state index is -0.426. The first kappa shape index (κ1) is 24.5. The quantitative estimate of drug-likeness (QED) is 0.504. The lowest BCUT2D eigenvalue weighted by Gasteiger charge is -2.24. The number of alkyl carbamates (subject to hydrolysis) is 1. The normalized spacial score (nSPS) is 11.9. The van der Waals surface area contributed by atoms with Crippen LogP contribution in [0.3, 0.4) is 0 Å². The van der Waals surface area contributed by atoms with Gasteiger partial charge in [0.1, 0.15) is 6.61 Å². The molecule has 2 aromatic rings. The Labute approximate surface area is 185 Å². The average Bonchev–Trinajstić information content (AvgIpc) is 3.09. The number of rotatable bonds is 11. The molecule has 1 aromatic heterocycles. The Hall–Kier alpha value is -2.76. The lowest BCUT2D eigenvalue weighted by molar-refractivity contribution is 0.0599. The number of esters is 1. The van der Waals surface area contributed by atoms with E-state index >= 15 is 0 Å². The molecule has 0 fully saturated rings. The van der Waals surface area contributed by atoms with Crippen molar-refractivity contribution in [2.24, 2.45) is 5.92 Å². The number of nitrogens with one attached hydrogen (secondary N) is 1. The number of ether oxygens (including phenoxy) is 2. The molecule has 0 saturated heterocycles. The second-order valence-corrected chi connectivity index (χ2v) is 8.23. The van der Waals surface area contributed by atoms with Crippen molar-refractivity contribution >= 4 is 12.1 Å². The molecule has 0 aliphatic carbocycles. The molecule has 0 unspecified atom stereocenters. The van der Waals surface area contributed by atoms with Crippen LogP contribution in [0.5, 0.6) is 0 Å². The smallest absolute Gasteiger partial charge is 0.407 e. The molecule has 0 spiro atoms. The Morgan fingerprint density at radius 3 is 2.42 bits per heavy atom. The number of carbonyl (C=O) groups excluding carboxylic acids is 2. The van der Waals surface area contributed by atoms with Gasteiger partial charge in [-0.2, -0.15) is 0 Å². The third-order valence-electron chi connectivity index (χ3n) is 5.24. The number of aromatic nitrogens is 1. The van der Waals surface area contributed by atoms with E-state index in [1.54, 1.807) is 0 Å². The summed E-state index contributed by atoms with van der Waals surface area (Å²) in [5, 5.41) is 3.04. The van der Waals surface area contributed by atoms with Crippen LogP contribution in [-0.2, 0) is 35.5 Å². The van der Waals surface area contributed by atoms with Crippen LogP contribution in [-0.4, -0.2) is 29.8 Å². The number of hydrogen-bond acceptors (Lipinski definition) is 4. The lowest BCUT2D eigenvalue weighted by atomic mass is 10.0. The largest absolute Gasteiger partial charge is 0.465 e. The number of nitrogens with zero attached hydrogens (tertiary/aromatic N) is 1. The van der Waals surface area contributed by atoms with E-state index in [2.05, 4.69) is 37.6 Å². The zero-order chi connectivity index (χ0) is 22.8. The number of carbonyl (C=O) groups is 2. The fourth-order valence-corrected chi connectivity index (χ4v) is 3.86. The zero-order valence-electron chi connectivity index (χ0n) is 19.4. The lowest BCUT2D eigenvalue weighted by Crippen LogP contribution is -2.39. The Morgan fingerprint density at radius 2 is 1.84 bits per heavy atom. The highest BCUT2D eigenvalue weighted by Gasteiger charge is 2.23. The van der Waals surface area contributed by atoms with Crippen LogP contribution in [0.2, 0.25) is 0 Å². The van der Waals surface area contributed by atoms with Crippen molar-refractivity contribution in [3.05, 3.63) is 58.9 Å². The van der Waals surface area contributed by atoms with Gasteiger partial charge in [0, 0.05) is 17.9 Å². The summed E-state index contributed by atoms with van der Waals surface area (Å²) in [5.41, 5.74) is 3.61. The maximum absolute atomic E-state index is 12.5. The van der Waals surface area contributed by atoms with Crippen LogP contribution < -0.4 is 5.32 Å². The van der Waals surface area contributed by atoms with Crippen molar-refractivity contribution in [1.29, 1.82) is 0 Å². The second-order valence-electron chi connectivity index (χ2n) is 8.23. The predicted octanol–water partition coefficient (Wildman–Crippen LogP) is 5.13. The van der Waals surface area contributed by atoms with Crippen molar-refractivity contribution < 1.29 is 19.1 Å². The average molecular weight is 429 g/mol. The van der Waals surface area contributed by atoms with E-state index in [4.69, 9.17) is 9.47 Å². The highest BCUT2D eigenvalue weighted by molar-refractivity contribution is 5.91. The third-order valence-corrected chi connectivity index (χ3v) is 5.24. The summed E-state index contributed by atoms with van der Waals surface area (Å²) in [5.74, 6) is 0.0855. The van der Waals surface area contributed by atoms with Gasteiger partial charge in [-0.05, 0) is 36.8 Å². The van der Waals surface area contributed by atoms with Gasteiger partial charge in [0.15, 0.2) is 0 Å². The van der Waals surface area contributed by atoms with Gasteiger partial charge in [-0.25, -0.2) is 9.59 Å². The summed E-state index contributed by atoms with van der Waals surface area (Å²) in [4.78, 5) is 24.8. The Morgan fingerprint density at radius 1 is 1.13 bits per heavy atom. The van der Waals surface area contributed by atoms with E-state index < -0.39 is 6.09 Å². The second kappa shape index (κ2) is 12.2. The molecule has 31 heavy (non-hydrogen) atoms. The van der Waals surface area contributed by atoms with Crippen LogP contribution >= 0.6 is 0 Å². The first-order valence-electron chi connectivity index (χ1n) is 11.2. The van der Waals surface area contributed by atoms with Crippen LogP contribution in [0.4, 0.5) is 4.79 Å². The summed E-state index contributed by atoms with van der Waals surface area (Å²) in [6, 6.07) is 11.4. The van der Waals surface area contributed by atoms with E-state index in [9.17, 15) is 9.59 Å². The number of methoxy groups -OCH3 is 1. The summed E-state index contributed by atoms with van der Waals surface area (Å²) < 4.78 is 12.6. The molecule has 6 heteroatoms. The first-order valence-corrected chi connectivity index (χ1v) is 11.2. The van der Waals surface area contributed by atoms with Crippen molar-refractivity contribution in [3.8, 4) is 0 Å². The highest BCUT2D eigenvalue weighted by atomic mass is 16.5. The zero-order valence-corrected chi connectivity index (χ0v) is 19.4. The SMILES string of the molecule is CCCc1c(C(=O)OC)cc(CC)n1C[C@H](CC(C)C)NC(=O)OCc1ccccc1. The van der Waals surface area contributed by atoms with Crippen molar-refractivity contribution in [2.75, 3.05) is 7.11 Å². The molecule has 1 aromatic carbocycles. The number of hydrogen-bond donors (Lipinski definition) is 1. The minimum absolute atomic E-state index is 0.109. The van der Waals surface area contributed by atoms with Gasteiger partial charge in [-0.3, -0.25) is 0 Å². The molecular formula is C25H36N2O4. The summed E-state index contributed by atoms with van der Waals surface area (Å²) >= 11 is 0. The number of amides is 1. The number of benzene rings is 1. The molecule has 0 bridgehead atoms. The van der Waals surface area contributed by atoms with Crippen molar-refractivity contribution in [1.82, 2.24) is 9.88 Å². The van der Waals surface area contributed by atoms with Crippen molar-refractivity contribution in [2.45, 2.75) is 72.6 Å². The van der Waals surface area contributed by atoms with Gasteiger partial charge in [-0.15, -0.1) is 0 Å². The predicted molar refractivity (Wildman–Crippen MR) is 122 cm³/mol. The molecule has 1 N–H and O–H groups in total. The molecule has 2 rings (SSSR count). The topological polar surface area (TPSA) is 69.6 Å². The van der Waals surface area contributed by atoms with Crippen LogP contribution in [0.15, 0.2) is 36.4 Å². The molecule has 0 aliphatic rings. The van der Waals surface area contributed by atoms with Crippen LogP contribution in [0, 0.1) is 5.92 Å². The van der Waals surface area contributed by atoms with Crippen molar-refractivity contribution in [3.63, 3.8) is 0 Å². The number of aryl methyl sites for hydroxylation is 1. The molecule has 1 heterocycles. The van der Waals surface area contributed by atoms with Gasteiger partial charge < -0.3 is 19.4 Å². The van der Waals surface area contributed by atoms with E-state index in [-0.39, 0.29) is 18.6 Å². The molecule has 6 nitrogen and oxygen atoms in total. The molecule has 170 valence electrons. The maximum atomic E-state index is 12.5. The summed E-state index contributed by atoms with van der Waals surface area (Å²) in [7, 11) is 1.41. The Kier molecular flexibility index (Phi) is 9.63. The third kappa shape index (κ3) is 7.16. The van der Waals surface area contributed by atoms with Gasteiger partial charge in [-0.1, -0.05) is 64.4 Å². The van der Waals surface area contributed by atoms with Gasteiger partial charge in [0.05, 0.1) is 18.7 Å². The Bertz CT molecular complexity index is 843. The monoisotopic (exact) mass is 428 g/mol. The van der Waals surface area contributed by atoms with Crippen LogP contribution in [0.1, 0.15) is 67.8 Å². The molecular weight excluding hydrogens is 392 g/mol. The van der Waals surface area contributed by atoms with Gasteiger partial charge >= 0.3 is 12.1 Å². The fourth-order valence-electron chi connectivity index (χ4n) is 3.86. The molecule has 0 radical (unpaired) electrons. The molecule has 0 aliphatic heterocycles. The van der Waals surface area contributed by atoms with E-state index in [1.807, 2.05) is 36.4 Å². The highest BCUT2D eigenvalue weighted by Crippen LogP contribution is 2.22. The summed E-state index contributed by atoms with van der Waals surface area (Å²) in [6.07, 6.45) is 2.86. The molecule has 0 saturated carbocycles. The van der Waals surface area contributed by atoms with E-state index in [0.717, 1.165) is 42.6 Å². The maximum Gasteiger partial charge on any atom is 0.407 e. The molecule has 1 amide bonds.